The molecule has 1 unspecified atom stereocenters. The summed E-state index contributed by atoms with van der Waals surface area (Å²) in [5, 5.41) is 25.3. The topological polar surface area (TPSA) is 188 Å². The highest BCUT2D eigenvalue weighted by Crippen LogP contribution is 2.35. The quantitative estimate of drug-likeness (QED) is 0.147. The molecule has 3 aliphatic rings. The highest BCUT2D eigenvalue weighted by atomic mass is 32.2. The number of hydrogen-bond donors (Lipinski definition) is 4. The molecule has 0 saturated heterocycles. The predicted octanol–water partition coefficient (Wildman–Crippen LogP) is 9.21. The third-order valence-electron chi connectivity index (χ3n) is 10.1. The summed E-state index contributed by atoms with van der Waals surface area (Å²) in [6, 6.07) is 20.4. The number of aryl methyl sites for hydroxylation is 2. The fourth-order valence-corrected chi connectivity index (χ4v) is 8.70. The molecule has 4 aromatic carbocycles. The van der Waals surface area contributed by atoms with Gasteiger partial charge in [-0.1, -0.05) is 44.2 Å². The number of rotatable bonds is 4. The number of nitrogens with one attached hydrogen (secondary N) is 2. The lowest BCUT2D eigenvalue weighted by atomic mass is 9.91. The maximum atomic E-state index is 13.0. The van der Waals surface area contributed by atoms with Gasteiger partial charge in [-0.15, -0.1) is 5.11 Å². The van der Waals surface area contributed by atoms with Crippen LogP contribution < -0.4 is 16.4 Å². The molecule has 7 rings (SSSR count). The van der Waals surface area contributed by atoms with Crippen LogP contribution >= 0.6 is 0 Å². The number of hydrogen-bond acceptors (Lipinski definition) is 11. The van der Waals surface area contributed by atoms with Crippen molar-refractivity contribution in [3.8, 4) is 0 Å². The molecule has 7 bridgehead atoms. The third-order valence-corrected chi connectivity index (χ3v) is 12.7. The lowest BCUT2D eigenvalue weighted by Gasteiger charge is -2.17. The summed E-state index contributed by atoms with van der Waals surface area (Å²) in [5.74, 6) is 0.646. The van der Waals surface area contributed by atoms with Gasteiger partial charge in [0.2, 0.25) is 0 Å². The molecule has 0 spiro atoms. The Morgan fingerprint density at radius 3 is 2.00 bits per heavy atom. The van der Waals surface area contributed by atoms with E-state index in [-0.39, 0.29) is 16.3 Å². The number of benzene rings is 4. The minimum atomic E-state index is -4.65. The van der Waals surface area contributed by atoms with Gasteiger partial charge in [0, 0.05) is 6.54 Å². The number of fused-ring (bicyclic) bond motifs is 2. The molecule has 0 aliphatic carbocycles. The van der Waals surface area contributed by atoms with Crippen molar-refractivity contribution in [1.29, 1.82) is 0 Å². The molecule has 55 heavy (non-hydrogen) atoms. The Hall–Kier alpha value is -3.92. The summed E-state index contributed by atoms with van der Waals surface area (Å²) >= 11 is 0. The first kappa shape index (κ1) is 42.2. The van der Waals surface area contributed by atoms with Gasteiger partial charge in [0.05, 0.1) is 27.7 Å². The van der Waals surface area contributed by atoms with Crippen molar-refractivity contribution in [2.75, 3.05) is 38.5 Å². The number of nitrogens with zero attached hydrogens (tertiary/aromatic N) is 4. The zero-order chi connectivity index (χ0) is 39.1. The van der Waals surface area contributed by atoms with Gasteiger partial charge in [0.1, 0.15) is 10.6 Å². The normalized spacial score (nSPS) is 18.7. The number of nitrogens with two attached hydrogens (primary N) is 1. The van der Waals surface area contributed by atoms with E-state index in [1.807, 2.05) is 19.1 Å². The van der Waals surface area contributed by atoms with Crippen LogP contribution in [0.4, 0.5) is 22.7 Å². The summed E-state index contributed by atoms with van der Waals surface area (Å²) in [6.45, 7) is 5.70. The Morgan fingerprint density at radius 1 is 0.727 bits per heavy atom. The van der Waals surface area contributed by atoms with E-state index in [9.17, 15) is 21.4 Å². The molecule has 0 aromatic heterocycles. The average Bonchev–Trinajstić information content (AvgIpc) is 3.16. The fraction of sp³-hybridized carbons (Fsp3) is 0.463. The van der Waals surface area contributed by atoms with Gasteiger partial charge in [-0.25, -0.2) is 8.42 Å². The van der Waals surface area contributed by atoms with Crippen molar-refractivity contribution >= 4 is 53.5 Å². The van der Waals surface area contributed by atoms with E-state index in [0.29, 0.717) is 40.3 Å². The molecule has 14 heteroatoms. The van der Waals surface area contributed by atoms with Crippen LogP contribution in [0.5, 0.6) is 0 Å². The van der Waals surface area contributed by atoms with Crippen LogP contribution in [0.1, 0.15) is 75.3 Å². The van der Waals surface area contributed by atoms with Crippen molar-refractivity contribution in [3.05, 3.63) is 83.9 Å². The van der Waals surface area contributed by atoms with Crippen molar-refractivity contribution in [1.82, 2.24) is 10.6 Å². The van der Waals surface area contributed by atoms with Crippen LogP contribution in [0.15, 0.2) is 103 Å². The van der Waals surface area contributed by atoms with Crippen LogP contribution in [0, 0.1) is 12.8 Å². The van der Waals surface area contributed by atoms with Gasteiger partial charge in [-0.3, -0.25) is 4.55 Å². The Balaban J connectivity index is 1.34. The molecule has 0 fully saturated rings. The second-order valence-corrected chi connectivity index (χ2v) is 17.9. The Morgan fingerprint density at radius 2 is 1.31 bits per heavy atom. The Bertz CT molecular complexity index is 2120. The zero-order valence-corrected chi connectivity index (χ0v) is 33.4. The van der Waals surface area contributed by atoms with Crippen LogP contribution in [-0.4, -0.2) is 59.9 Å². The maximum absolute atomic E-state index is 13.0. The monoisotopic (exact) mass is 789 g/mol. The third kappa shape index (κ3) is 13.4. The standard InChI is InChI=1S/C41H55N7O5S2/c1-31-27-34-30-41(55(51,52)53)40-29-35(34)28-39(31)47-45-36-15-13-33(14-16-36)12-8-24-43-22-5-2-3-9-32(11-7-21-42)10-4-6-23-44-25-26-54(49,50)38-19-17-37(18-20-38)46-48-40/h13-20,27-30,32,43-44H,2-12,21-26,42H2,1H3,(H,51,52,53). The first-order valence-corrected chi connectivity index (χ1v) is 22.5. The second-order valence-electron chi connectivity index (χ2n) is 14.4. The van der Waals surface area contributed by atoms with Gasteiger partial charge in [0.25, 0.3) is 10.1 Å². The molecule has 5 N–H and O–H groups in total. The lowest BCUT2D eigenvalue weighted by Crippen LogP contribution is -2.24. The zero-order valence-electron chi connectivity index (χ0n) is 31.8. The summed E-state index contributed by atoms with van der Waals surface area (Å²) in [6.07, 6.45) is 12.4. The van der Waals surface area contributed by atoms with Crippen LogP contribution in [0.25, 0.3) is 10.8 Å². The van der Waals surface area contributed by atoms with Crippen LogP contribution in [0.3, 0.4) is 0 Å². The molecule has 4 aromatic rings. The molecule has 12 nitrogen and oxygen atoms in total. The van der Waals surface area contributed by atoms with Gasteiger partial charge in [0.15, 0.2) is 9.84 Å². The summed E-state index contributed by atoms with van der Waals surface area (Å²) in [4.78, 5) is -0.234. The van der Waals surface area contributed by atoms with E-state index < -0.39 is 24.9 Å². The minimum absolute atomic E-state index is 0.0378. The van der Waals surface area contributed by atoms with Crippen molar-refractivity contribution < 1.29 is 21.4 Å². The van der Waals surface area contributed by atoms with Crippen molar-refractivity contribution in [3.63, 3.8) is 0 Å². The SMILES string of the molecule is Cc1cc2cc(S(=O)(=O)O)c3cc2cc1N=Nc1ccc(cc1)CCCNCCCCCC(CCCN)CCCCNCCS(=O)(=O)c1ccc(cc1)N=N3. The molecule has 1 atom stereocenters. The first-order valence-electron chi connectivity index (χ1n) is 19.4. The largest absolute Gasteiger partial charge is 0.330 e. The maximum Gasteiger partial charge on any atom is 0.296 e. The van der Waals surface area contributed by atoms with Gasteiger partial charge < -0.3 is 16.4 Å². The van der Waals surface area contributed by atoms with E-state index in [2.05, 4.69) is 43.2 Å². The highest BCUT2D eigenvalue weighted by molar-refractivity contribution is 7.91. The molecule has 0 amide bonds. The van der Waals surface area contributed by atoms with E-state index in [4.69, 9.17) is 5.73 Å². The van der Waals surface area contributed by atoms with E-state index in [1.54, 1.807) is 12.1 Å². The summed E-state index contributed by atoms with van der Waals surface area (Å²) in [5.41, 5.74) is 9.39. The summed E-state index contributed by atoms with van der Waals surface area (Å²) < 4.78 is 60.9. The van der Waals surface area contributed by atoms with Gasteiger partial charge in [-0.05, 0) is 160 Å². The van der Waals surface area contributed by atoms with E-state index in [0.717, 1.165) is 63.8 Å². The van der Waals surface area contributed by atoms with Gasteiger partial charge >= 0.3 is 0 Å². The average molecular weight is 790 g/mol. The number of azo groups is 2. The minimum Gasteiger partial charge on any atom is -0.330 e. The number of sulfone groups is 1. The molecular weight excluding hydrogens is 735 g/mol. The smallest absolute Gasteiger partial charge is 0.296 e. The molecule has 0 saturated carbocycles. The van der Waals surface area contributed by atoms with Crippen molar-refractivity contribution in [2.45, 2.75) is 87.3 Å². The van der Waals surface area contributed by atoms with E-state index >= 15 is 0 Å². The lowest BCUT2D eigenvalue weighted by molar-refractivity contribution is 0.376. The van der Waals surface area contributed by atoms with Crippen LogP contribution in [-0.2, 0) is 26.4 Å². The summed E-state index contributed by atoms with van der Waals surface area (Å²) in [7, 11) is -8.19. The molecule has 296 valence electrons. The Kier molecular flexibility index (Phi) is 16.0. The first-order chi connectivity index (χ1) is 26.5. The highest BCUT2D eigenvalue weighted by Gasteiger charge is 2.19. The molecule has 0 radical (unpaired) electrons. The Labute approximate surface area is 326 Å². The predicted molar refractivity (Wildman–Crippen MR) is 220 cm³/mol. The molecule has 3 heterocycles. The second kappa shape index (κ2) is 20.8. The van der Waals surface area contributed by atoms with Gasteiger partial charge in [-0.2, -0.15) is 23.8 Å². The molecular formula is C41H55N7O5S2. The van der Waals surface area contributed by atoms with Crippen molar-refractivity contribution in [2.24, 2.45) is 32.1 Å². The molecule has 3 aliphatic heterocycles. The van der Waals surface area contributed by atoms with Crippen LogP contribution in [0.2, 0.25) is 0 Å². The van der Waals surface area contributed by atoms with E-state index in [1.165, 1.54) is 80.5 Å². The fourth-order valence-electron chi connectivity index (χ4n) is 6.86.